The Kier molecular flexibility index (Phi) is 4.86. The first kappa shape index (κ1) is 12.3. The van der Waals surface area contributed by atoms with Crippen LogP contribution in [0, 0.1) is 6.92 Å². The van der Waals surface area contributed by atoms with Gasteiger partial charge in [0, 0.05) is 13.2 Å². The highest BCUT2D eigenvalue weighted by Crippen LogP contribution is 1.96. The van der Waals surface area contributed by atoms with Gasteiger partial charge in [0.25, 0.3) is 0 Å². The molecule has 0 heterocycles. The van der Waals surface area contributed by atoms with Gasteiger partial charge in [0.2, 0.25) is 0 Å². The van der Waals surface area contributed by atoms with Crippen LogP contribution < -0.4 is 5.46 Å². The van der Waals surface area contributed by atoms with E-state index in [4.69, 9.17) is 4.65 Å². The molecule has 0 radical (unpaired) electrons. The molecule has 3 heteroatoms. The highest BCUT2D eigenvalue weighted by atomic mass is 16.4. The minimum Gasteiger partial charge on any atom is -0.430 e. The average molecular weight is 205 g/mol. The molecule has 0 spiro atoms. The van der Waals surface area contributed by atoms with E-state index < -0.39 is 0 Å². The second-order valence-electron chi connectivity index (χ2n) is 4.23. The maximum Gasteiger partial charge on any atom is 0.323 e. The third kappa shape index (κ3) is 4.49. The molecule has 0 amide bonds. The largest absolute Gasteiger partial charge is 0.430 e. The van der Waals surface area contributed by atoms with E-state index in [1.54, 1.807) is 0 Å². The Morgan fingerprint density at radius 1 is 1.20 bits per heavy atom. The number of hydrogen-bond acceptors (Lipinski definition) is 2. The van der Waals surface area contributed by atoms with Gasteiger partial charge in [-0.05, 0) is 26.5 Å². The van der Waals surface area contributed by atoms with Crippen molar-refractivity contribution in [1.82, 2.24) is 4.90 Å². The van der Waals surface area contributed by atoms with Crippen molar-refractivity contribution in [2.45, 2.75) is 13.7 Å². The van der Waals surface area contributed by atoms with Gasteiger partial charge in [0.15, 0.2) is 0 Å². The molecule has 0 fully saturated rings. The number of likely N-dealkylation sites (N-methyl/N-ethyl adjacent to an activating group) is 1. The highest BCUT2D eigenvalue weighted by molar-refractivity contribution is 6.66. The topological polar surface area (TPSA) is 12.5 Å². The number of nitrogens with zero attached hydrogens (tertiary/aromatic N) is 1. The number of hydrogen-bond donors (Lipinski definition) is 0. The highest BCUT2D eigenvalue weighted by Gasteiger charge is 2.10. The maximum absolute atomic E-state index is 5.74. The molecular formula is C12H20BNO. The Morgan fingerprint density at radius 2 is 1.80 bits per heavy atom. The molecule has 2 nitrogen and oxygen atoms in total. The van der Waals surface area contributed by atoms with Crippen molar-refractivity contribution in [1.29, 1.82) is 0 Å². The summed E-state index contributed by atoms with van der Waals surface area (Å²) in [5, 5.41) is 0. The molecule has 0 unspecified atom stereocenters. The van der Waals surface area contributed by atoms with Crippen LogP contribution in [0.4, 0.5) is 0 Å². The van der Waals surface area contributed by atoms with Gasteiger partial charge in [-0.15, -0.1) is 0 Å². The molecule has 15 heavy (non-hydrogen) atoms. The summed E-state index contributed by atoms with van der Waals surface area (Å²) in [6, 6.07) is 8.52. The first-order valence-electron chi connectivity index (χ1n) is 5.42. The molecule has 0 N–H and O–H groups in total. The first-order chi connectivity index (χ1) is 7.09. The van der Waals surface area contributed by atoms with Gasteiger partial charge in [-0.1, -0.05) is 36.7 Å². The van der Waals surface area contributed by atoms with E-state index >= 15 is 0 Å². The third-order valence-electron chi connectivity index (χ3n) is 2.45. The second kappa shape index (κ2) is 5.94. The third-order valence-corrected chi connectivity index (χ3v) is 2.45. The Bertz CT molecular complexity index is 284. The van der Waals surface area contributed by atoms with E-state index in [1.807, 2.05) is 0 Å². The van der Waals surface area contributed by atoms with Crippen LogP contribution in [0.15, 0.2) is 24.3 Å². The summed E-state index contributed by atoms with van der Waals surface area (Å²) >= 11 is 0. The van der Waals surface area contributed by atoms with Crippen molar-refractivity contribution in [2.24, 2.45) is 0 Å². The van der Waals surface area contributed by atoms with Crippen LogP contribution in [0.1, 0.15) is 5.56 Å². The van der Waals surface area contributed by atoms with Crippen LogP contribution in [-0.4, -0.2) is 39.1 Å². The standard InChI is InChI=1S/C12H20BNO/c1-11-5-7-12(8-6-11)13(2)15-10-9-14(3)4/h5-8H,9-10H2,1-4H3. The maximum atomic E-state index is 5.74. The Hall–Kier alpha value is -0.795. The van der Waals surface area contributed by atoms with Gasteiger partial charge >= 0.3 is 6.92 Å². The Morgan fingerprint density at radius 3 is 2.33 bits per heavy atom. The molecule has 0 bridgehead atoms. The Labute approximate surface area is 93.4 Å². The zero-order chi connectivity index (χ0) is 11.3. The average Bonchev–Trinajstić information content (AvgIpc) is 2.18. The lowest BCUT2D eigenvalue weighted by atomic mass is 9.63. The molecule has 0 atom stereocenters. The summed E-state index contributed by atoms with van der Waals surface area (Å²) < 4.78 is 5.74. The first-order valence-corrected chi connectivity index (χ1v) is 5.42. The van der Waals surface area contributed by atoms with Crippen LogP contribution in [0.25, 0.3) is 0 Å². The lowest BCUT2D eigenvalue weighted by Crippen LogP contribution is -2.32. The smallest absolute Gasteiger partial charge is 0.323 e. The van der Waals surface area contributed by atoms with Crippen LogP contribution in [0.3, 0.4) is 0 Å². The lowest BCUT2D eigenvalue weighted by molar-refractivity contribution is 0.267. The van der Waals surface area contributed by atoms with Gasteiger partial charge in [-0.3, -0.25) is 0 Å². The fraction of sp³-hybridized carbons (Fsp3) is 0.500. The molecule has 1 aromatic rings. The summed E-state index contributed by atoms with van der Waals surface area (Å²) in [6.07, 6.45) is 0. The molecule has 0 aliphatic rings. The SMILES string of the molecule is CB(OCCN(C)C)c1ccc(C)cc1. The molecule has 82 valence electrons. The van der Waals surface area contributed by atoms with E-state index in [1.165, 1.54) is 11.0 Å². The van der Waals surface area contributed by atoms with E-state index in [0.29, 0.717) is 0 Å². The van der Waals surface area contributed by atoms with Gasteiger partial charge in [-0.25, -0.2) is 0 Å². The molecule has 1 rings (SSSR count). The van der Waals surface area contributed by atoms with Crippen molar-refractivity contribution in [3.8, 4) is 0 Å². The van der Waals surface area contributed by atoms with E-state index in [2.05, 4.69) is 57.0 Å². The Balaban J connectivity index is 2.40. The fourth-order valence-electron chi connectivity index (χ4n) is 1.35. The summed E-state index contributed by atoms with van der Waals surface area (Å²) in [4.78, 5) is 2.13. The van der Waals surface area contributed by atoms with Crippen molar-refractivity contribution >= 4 is 12.4 Å². The van der Waals surface area contributed by atoms with Gasteiger partial charge in [0.1, 0.15) is 0 Å². The number of aryl methyl sites for hydroxylation is 1. The van der Waals surface area contributed by atoms with Crippen molar-refractivity contribution in [3.05, 3.63) is 29.8 Å². The predicted molar refractivity (Wildman–Crippen MR) is 66.9 cm³/mol. The summed E-state index contributed by atoms with van der Waals surface area (Å²) in [6.45, 7) is 6.13. The van der Waals surface area contributed by atoms with Gasteiger partial charge in [0.05, 0.1) is 0 Å². The predicted octanol–water partition coefficient (Wildman–Crippen LogP) is 1.40. The summed E-state index contributed by atoms with van der Waals surface area (Å²) in [7, 11) is 4.11. The quantitative estimate of drug-likeness (QED) is 0.673. The normalized spacial score (nSPS) is 10.7. The van der Waals surface area contributed by atoms with Crippen molar-refractivity contribution in [3.63, 3.8) is 0 Å². The molecule has 0 saturated carbocycles. The van der Waals surface area contributed by atoms with Crippen LogP contribution in [0.5, 0.6) is 0 Å². The molecular weight excluding hydrogens is 185 g/mol. The van der Waals surface area contributed by atoms with E-state index in [0.717, 1.165) is 13.2 Å². The minimum atomic E-state index is 0.186. The minimum absolute atomic E-state index is 0.186. The lowest BCUT2D eigenvalue weighted by Gasteiger charge is -2.13. The number of rotatable bonds is 5. The summed E-state index contributed by atoms with van der Waals surface area (Å²) in [5.41, 5.74) is 2.54. The zero-order valence-corrected chi connectivity index (χ0v) is 10.2. The van der Waals surface area contributed by atoms with E-state index in [9.17, 15) is 0 Å². The van der Waals surface area contributed by atoms with Gasteiger partial charge < -0.3 is 9.55 Å². The van der Waals surface area contributed by atoms with Gasteiger partial charge in [-0.2, -0.15) is 0 Å². The molecule has 0 saturated heterocycles. The molecule has 0 aliphatic carbocycles. The zero-order valence-electron chi connectivity index (χ0n) is 10.2. The van der Waals surface area contributed by atoms with Crippen molar-refractivity contribution in [2.75, 3.05) is 27.2 Å². The summed E-state index contributed by atoms with van der Waals surface area (Å²) in [5.74, 6) is 0. The fourth-order valence-corrected chi connectivity index (χ4v) is 1.35. The van der Waals surface area contributed by atoms with Crippen LogP contribution >= 0.6 is 0 Å². The number of benzene rings is 1. The molecule has 0 aromatic heterocycles. The second-order valence-corrected chi connectivity index (χ2v) is 4.23. The van der Waals surface area contributed by atoms with Crippen LogP contribution in [0.2, 0.25) is 6.82 Å². The monoisotopic (exact) mass is 205 g/mol. The molecule has 1 aromatic carbocycles. The van der Waals surface area contributed by atoms with Crippen molar-refractivity contribution < 1.29 is 4.65 Å². The van der Waals surface area contributed by atoms with Crippen LogP contribution in [-0.2, 0) is 4.65 Å². The van der Waals surface area contributed by atoms with E-state index in [-0.39, 0.29) is 6.92 Å². The molecule has 0 aliphatic heterocycles.